The topological polar surface area (TPSA) is 43.1 Å². The number of rotatable bonds is 10. The standard InChI is InChI=1S/C14H29NO/c1-4-5-6-7-8-9-10-11-12-14(2,3)13(15)16/h4-12H2,1-3H3,(H2,15,16). The number of amides is 1. The van der Waals surface area contributed by atoms with Crippen LogP contribution in [0.5, 0.6) is 0 Å². The van der Waals surface area contributed by atoms with Gasteiger partial charge in [-0.3, -0.25) is 4.79 Å². The molecule has 0 radical (unpaired) electrons. The predicted octanol–water partition coefficient (Wildman–Crippen LogP) is 4.03. The molecule has 0 aliphatic heterocycles. The second kappa shape index (κ2) is 8.60. The van der Waals surface area contributed by atoms with Crippen molar-refractivity contribution in [1.82, 2.24) is 0 Å². The molecule has 2 nitrogen and oxygen atoms in total. The molecule has 0 saturated carbocycles. The Hall–Kier alpha value is -0.530. The fraction of sp³-hybridized carbons (Fsp3) is 0.929. The fourth-order valence-electron chi connectivity index (χ4n) is 1.82. The molecule has 0 bridgehead atoms. The minimum atomic E-state index is -0.317. The van der Waals surface area contributed by atoms with Crippen molar-refractivity contribution < 1.29 is 4.79 Å². The molecule has 2 heteroatoms. The van der Waals surface area contributed by atoms with Crippen LogP contribution in [0, 0.1) is 5.41 Å². The zero-order valence-electron chi connectivity index (χ0n) is 11.3. The lowest BCUT2D eigenvalue weighted by Gasteiger charge is -2.19. The molecular weight excluding hydrogens is 198 g/mol. The Labute approximate surface area is 101 Å². The van der Waals surface area contributed by atoms with Gasteiger partial charge in [0.05, 0.1) is 0 Å². The highest BCUT2D eigenvalue weighted by atomic mass is 16.1. The Kier molecular flexibility index (Phi) is 8.32. The van der Waals surface area contributed by atoms with Gasteiger partial charge in [-0.1, -0.05) is 72.1 Å². The summed E-state index contributed by atoms with van der Waals surface area (Å²) in [5, 5.41) is 0. The third kappa shape index (κ3) is 7.72. The third-order valence-corrected chi connectivity index (χ3v) is 3.32. The number of carbonyl (C=O) groups is 1. The Morgan fingerprint density at radius 1 is 0.938 bits per heavy atom. The lowest BCUT2D eigenvalue weighted by Crippen LogP contribution is -2.31. The number of hydrogen-bond acceptors (Lipinski definition) is 1. The van der Waals surface area contributed by atoms with Crippen LogP contribution >= 0.6 is 0 Å². The minimum Gasteiger partial charge on any atom is -0.369 e. The van der Waals surface area contributed by atoms with Gasteiger partial charge in [-0.15, -0.1) is 0 Å². The smallest absolute Gasteiger partial charge is 0.223 e. The highest BCUT2D eigenvalue weighted by Gasteiger charge is 2.23. The summed E-state index contributed by atoms with van der Waals surface area (Å²) < 4.78 is 0. The second-order valence-electron chi connectivity index (χ2n) is 5.47. The molecule has 2 N–H and O–H groups in total. The summed E-state index contributed by atoms with van der Waals surface area (Å²) >= 11 is 0. The van der Waals surface area contributed by atoms with E-state index in [0.29, 0.717) is 0 Å². The molecule has 0 fully saturated rings. The first-order chi connectivity index (χ1) is 7.50. The summed E-state index contributed by atoms with van der Waals surface area (Å²) in [5.41, 5.74) is 5.01. The van der Waals surface area contributed by atoms with Crippen LogP contribution in [0.3, 0.4) is 0 Å². The van der Waals surface area contributed by atoms with E-state index in [2.05, 4.69) is 6.92 Å². The largest absolute Gasteiger partial charge is 0.369 e. The zero-order valence-corrected chi connectivity index (χ0v) is 11.3. The quantitative estimate of drug-likeness (QED) is 0.563. The van der Waals surface area contributed by atoms with E-state index in [1.54, 1.807) is 0 Å². The third-order valence-electron chi connectivity index (χ3n) is 3.32. The first kappa shape index (κ1) is 15.5. The van der Waals surface area contributed by atoms with Gasteiger partial charge in [0.1, 0.15) is 0 Å². The molecule has 0 aromatic rings. The van der Waals surface area contributed by atoms with Gasteiger partial charge in [-0.05, 0) is 6.42 Å². The van der Waals surface area contributed by atoms with Crippen LogP contribution in [0.4, 0.5) is 0 Å². The molecular formula is C14H29NO. The van der Waals surface area contributed by atoms with Crippen molar-refractivity contribution in [2.75, 3.05) is 0 Å². The first-order valence-corrected chi connectivity index (χ1v) is 6.80. The monoisotopic (exact) mass is 227 g/mol. The van der Waals surface area contributed by atoms with Gasteiger partial charge in [-0.2, -0.15) is 0 Å². The average molecular weight is 227 g/mol. The maximum absolute atomic E-state index is 11.1. The van der Waals surface area contributed by atoms with Gasteiger partial charge < -0.3 is 5.73 Å². The van der Waals surface area contributed by atoms with Gasteiger partial charge in [-0.25, -0.2) is 0 Å². The molecule has 0 unspecified atom stereocenters. The van der Waals surface area contributed by atoms with E-state index in [1.165, 1.54) is 44.9 Å². The lowest BCUT2D eigenvalue weighted by molar-refractivity contribution is -0.126. The Bertz CT molecular complexity index is 187. The van der Waals surface area contributed by atoms with Crippen molar-refractivity contribution in [2.45, 2.75) is 78.6 Å². The molecule has 0 aliphatic rings. The van der Waals surface area contributed by atoms with Crippen LogP contribution in [-0.4, -0.2) is 5.91 Å². The molecule has 0 aliphatic carbocycles. The molecule has 0 aromatic heterocycles. The summed E-state index contributed by atoms with van der Waals surface area (Å²) in [5.74, 6) is -0.171. The second-order valence-corrected chi connectivity index (χ2v) is 5.47. The highest BCUT2D eigenvalue weighted by Crippen LogP contribution is 2.23. The number of nitrogens with two attached hydrogens (primary N) is 1. The molecule has 96 valence electrons. The van der Waals surface area contributed by atoms with Gasteiger partial charge in [0.2, 0.25) is 5.91 Å². The Morgan fingerprint density at radius 3 is 1.81 bits per heavy atom. The van der Waals surface area contributed by atoms with Crippen LogP contribution in [0.25, 0.3) is 0 Å². The number of carbonyl (C=O) groups excluding carboxylic acids is 1. The Balaban J connectivity index is 3.30. The van der Waals surface area contributed by atoms with E-state index in [4.69, 9.17) is 5.73 Å². The van der Waals surface area contributed by atoms with E-state index in [0.717, 1.165) is 12.8 Å². The lowest BCUT2D eigenvalue weighted by atomic mass is 9.86. The minimum absolute atomic E-state index is 0.171. The fourth-order valence-corrected chi connectivity index (χ4v) is 1.82. The molecule has 0 aromatic carbocycles. The van der Waals surface area contributed by atoms with Crippen molar-refractivity contribution in [3.05, 3.63) is 0 Å². The predicted molar refractivity (Wildman–Crippen MR) is 70.2 cm³/mol. The maximum atomic E-state index is 11.1. The summed E-state index contributed by atoms with van der Waals surface area (Å²) in [6.07, 6.45) is 11.4. The van der Waals surface area contributed by atoms with E-state index in [1.807, 2.05) is 13.8 Å². The van der Waals surface area contributed by atoms with Crippen molar-refractivity contribution in [1.29, 1.82) is 0 Å². The summed E-state index contributed by atoms with van der Waals surface area (Å²) in [7, 11) is 0. The SMILES string of the molecule is CCCCCCCCCCC(C)(C)C(N)=O. The van der Waals surface area contributed by atoms with E-state index < -0.39 is 0 Å². The van der Waals surface area contributed by atoms with Crippen molar-refractivity contribution >= 4 is 5.91 Å². The summed E-state index contributed by atoms with van der Waals surface area (Å²) in [4.78, 5) is 11.1. The Morgan fingerprint density at radius 2 is 1.38 bits per heavy atom. The van der Waals surface area contributed by atoms with Crippen molar-refractivity contribution in [3.63, 3.8) is 0 Å². The molecule has 0 rings (SSSR count). The molecule has 16 heavy (non-hydrogen) atoms. The molecule has 0 saturated heterocycles. The molecule has 0 heterocycles. The average Bonchev–Trinajstić information content (AvgIpc) is 2.21. The van der Waals surface area contributed by atoms with E-state index in [-0.39, 0.29) is 11.3 Å². The van der Waals surface area contributed by atoms with Gasteiger partial charge >= 0.3 is 0 Å². The van der Waals surface area contributed by atoms with E-state index >= 15 is 0 Å². The van der Waals surface area contributed by atoms with Crippen LogP contribution < -0.4 is 5.73 Å². The van der Waals surface area contributed by atoms with E-state index in [9.17, 15) is 4.79 Å². The number of primary amides is 1. The van der Waals surface area contributed by atoms with Crippen LogP contribution in [0.15, 0.2) is 0 Å². The molecule has 0 atom stereocenters. The first-order valence-electron chi connectivity index (χ1n) is 6.80. The number of unbranched alkanes of at least 4 members (excludes halogenated alkanes) is 7. The van der Waals surface area contributed by atoms with Crippen molar-refractivity contribution in [2.24, 2.45) is 11.1 Å². The van der Waals surface area contributed by atoms with Crippen LogP contribution in [-0.2, 0) is 4.79 Å². The van der Waals surface area contributed by atoms with Gasteiger partial charge in [0.25, 0.3) is 0 Å². The number of hydrogen-bond donors (Lipinski definition) is 1. The normalized spacial score (nSPS) is 11.7. The van der Waals surface area contributed by atoms with Gasteiger partial charge in [0.15, 0.2) is 0 Å². The van der Waals surface area contributed by atoms with Crippen LogP contribution in [0.1, 0.15) is 78.6 Å². The zero-order chi connectivity index (χ0) is 12.4. The summed E-state index contributed by atoms with van der Waals surface area (Å²) in [6, 6.07) is 0. The van der Waals surface area contributed by atoms with Crippen LogP contribution in [0.2, 0.25) is 0 Å². The summed E-state index contributed by atoms with van der Waals surface area (Å²) in [6.45, 7) is 6.12. The van der Waals surface area contributed by atoms with Crippen molar-refractivity contribution in [3.8, 4) is 0 Å². The molecule has 1 amide bonds. The maximum Gasteiger partial charge on any atom is 0.223 e. The molecule has 0 spiro atoms. The highest BCUT2D eigenvalue weighted by molar-refractivity contribution is 5.79. The van der Waals surface area contributed by atoms with Gasteiger partial charge in [0, 0.05) is 5.41 Å².